The molecule has 4 rings (SSSR count). The third-order valence-electron chi connectivity index (χ3n) is 5.49. The summed E-state index contributed by atoms with van der Waals surface area (Å²) in [6.07, 6.45) is 9.61. The minimum absolute atomic E-state index is 0.233. The molecular weight excluding hydrogens is 296 g/mol. The Morgan fingerprint density at radius 1 is 1.00 bits per heavy atom. The van der Waals surface area contributed by atoms with Gasteiger partial charge in [-0.1, -0.05) is 68.5 Å². The summed E-state index contributed by atoms with van der Waals surface area (Å²) in [4.78, 5) is 4.64. The van der Waals surface area contributed by atoms with E-state index in [2.05, 4.69) is 52.8 Å². The summed E-state index contributed by atoms with van der Waals surface area (Å²) in [7, 11) is 0. The van der Waals surface area contributed by atoms with Gasteiger partial charge >= 0.3 is 0 Å². The second-order valence-corrected chi connectivity index (χ2v) is 7.17. The molecular formula is C21H26N2O. The zero-order valence-electron chi connectivity index (χ0n) is 14.2. The van der Waals surface area contributed by atoms with Crippen LogP contribution in [0.5, 0.6) is 0 Å². The Hall–Kier alpha value is -1.71. The molecule has 2 heterocycles. The highest BCUT2D eigenvalue weighted by Crippen LogP contribution is 2.41. The normalized spacial score (nSPS) is 28.1. The largest absolute Gasteiger partial charge is 0.353 e. The Morgan fingerprint density at radius 2 is 1.79 bits per heavy atom. The first-order valence-electron chi connectivity index (χ1n) is 9.24. The predicted octanol–water partition coefficient (Wildman–Crippen LogP) is 4.57. The molecule has 1 aromatic carbocycles. The molecule has 126 valence electrons. The van der Waals surface area contributed by atoms with Crippen LogP contribution in [0.25, 0.3) is 0 Å². The van der Waals surface area contributed by atoms with Gasteiger partial charge in [0.25, 0.3) is 0 Å². The Kier molecular flexibility index (Phi) is 4.63. The van der Waals surface area contributed by atoms with Gasteiger partial charge in [0.05, 0.1) is 18.3 Å². The van der Waals surface area contributed by atoms with Gasteiger partial charge in [-0.25, -0.2) is 0 Å². The van der Waals surface area contributed by atoms with E-state index in [9.17, 15) is 0 Å². The molecule has 1 N–H and O–H groups in total. The van der Waals surface area contributed by atoms with Gasteiger partial charge in [0, 0.05) is 6.20 Å². The topological polar surface area (TPSA) is 34.1 Å². The minimum atomic E-state index is -0.441. The Labute approximate surface area is 144 Å². The van der Waals surface area contributed by atoms with Crippen molar-refractivity contribution in [3.05, 3.63) is 66.0 Å². The van der Waals surface area contributed by atoms with E-state index in [1.54, 1.807) is 0 Å². The van der Waals surface area contributed by atoms with Crippen LogP contribution in [0.4, 0.5) is 0 Å². The average Bonchev–Trinajstić information content (AvgIpc) is 3.09. The van der Waals surface area contributed by atoms with E-state index in [0.29, 0.717) is 6.61 Å². The molecule has 0 radical (unpaired) electrons. The molecule has 1 aromatic heterocycles. The number of rotatable bonds is 4. The summed E-state index contributed by atoms with van der Waals surface area (Å²) in [5.74, 6) is 0.725. The van der Waals surface area contributed by atoms with E-state index in [-0.39, 0.29) is 6.04 Å². The summed E-state index contributed by atoms with van der Waals surface area (Å²) < 4.78 is 6.42. The summed E-state index contributed by atoms with van der Waals surface area (Å²) in [6, 6.07) is 17.0. The fraction of sp³-hybridized carbons (Fsp3) is 0.476. The molecule has 2 fully saturated rings. The molecule has 24 heavy (non-hydrogen) atoms. The molecule has 1 aliphatic heterocycles. The molecule has 1 saturated heterocycles. The van der Waals surface area contributed by atoms with Gasteiger partial charge in [-0.05, 0) is 30.0 Å². The van der Waals surface area contributed by atoms with Crippen LogP contribution in [-0.2, 0) is 10.5 Å². The third-order valence-corrected chi connectivity index (χ3v) is 5.49. The molecule has 2 unspecified atom stereocenters. The minimum Gasteiger partial charge on any atom is -0.353 e. The van der Waals surface area contributed by atoms with Crippen molar-refractivity contribution in [1.82, 2.24) is 10.3 Å². The maximum atomic E-state index is 6.42. The Morgan fingerprint density at radius 3 is 2.54 bits per heavy atom. The van der Waals surface area contributed by atoms with Gasteiger partial charge < -0.3 is 4.74 Å². The smallest absolute Gasteiger partial charge is 0.163 e. The number of hydrogen-bond donors (Lipinski definition) is 1. The standard InChI is InChI=1S/C21H26N2O/c1-3-9-17(10-4-1)15-21(20-13-7-8-14-22-20)23-19(16-24-21)18-11-5-2-6-12-18/h2,5-8,11-14,17,19,23H,1,3-4,9-10,15-16H2. The number of ether oxygens (including phenoxy) is 1. The summed E-state index contributed by atoms with van der Waals surface area (Å²) in [5, 5.41) is 3.80. The number of nitrogens with zero attached hydrogens (tertiary/aromatic N) is 1. The number of hydrogen-bond acceptors (Lipinski definition) is 3. The van der Waals surface area contributed by atoms with Crippen LogP contribution < -0.4 is 5.32 Å². The van der Waals surface area contributed by atoms with Crippen LogP contribution in [0.3, 0.4) is 0 Å². The molecule has 3 nitrogen and oxygen atoms in total. The fourth-order valence-electron chi connectivity index (χ4n) is 4.23. The summed E-state index contributed by atoms with van der Waals surface area (Å²) in [5.41, 5.74) is 1.87. The van der Waals surface area contributed by atoms with E-state index < -0.39 is 5.72 Å². The molecule has 0 bridgehead atoms. The molecule has 3 heteroatoms. The maximum Gasteiger partial charge on any atom is 0.163 e. The van der Waals surface area contributed by atoms with Gasteiger partial charge in [0.2, 0.25) is 0 Å². The highest BCUT2D eigenvalue weighted by Gasteiger charge is 2.44. The molecule has 0 amide bonds. The van der Waals surface area contributed by atoms with Gasteiger partial charge in [-0.15, -0.1) is 0 Å². The zero-order valence-corrected chi connectivity index (χ0v) is 14.2. The maximum absolute atomic E-state index is 6.42. The zero-order chi connectivity index (χ0) is 16.2. The third kappa shape index (κ3) is 3.24. The molecule has 1 aliphatic carbocycles. The van der Waals surface area contributed by atoms with Gasteiger partial charge in [0.15, 0.2) is 5.72 Å². The molecule has 2 atom stereocenters. The summed E-state index contributed by atoms with van der Waals surface area (Å²) in [6.45, 7) is 0.702. The molecule has 2 aromatic rings. The van der Waals surface area contributed by atoms with Gasteiger partial charge in [-0.2, -0.15) is 0 Å². The van der Waals surface area contributed by atoms with Gasteiger partial charge in [-0.3, -0.25) is 10.3 Å². The van der Waals surface area contributed by atoms with Gasteiger partial charge in [0.1, 0.15) is 0 Å². The van der Waals surface area contributed by atoms with Crippen LogP contribution in [-0.4, -0.2) is 11.6 Å². The highest BCUT2D eigenvalue weighted by molar-refractivity contribution is 5.23. The SMILES string of the molecule is c1ccc(C2COC(CC3CCCCC3)(c3ccccn3)N2)cc1. The lowest BCUT2D eigenvalue weighted by molar-refractivity contribution is -0.0416. The van der Waals surface area contributed by atoms with Crippen molar-refractivity contribution in [2.45, 2.75) is 50.3 Å². The lowest BCUT2D eigenvalue weighted by Crippen LogP contribution is -2.42. The van der Waals surface area contributed by atoms with Crippen molar-refractivity contribution >= 4 is 0 Å². The Balaban J connectivity index is 1.60. The quantitative estimate of drug-likeness (QED) is 0.895. The lowest BCUT2D eigenvalue weighted by atomic mass is 9.82. The van der Waals surface area contributed by atoms with E-state index in [1.165, 1.54) is 37.7 Å². The number of aromatic nitrogens is 1. The molecule has 2 aliphatic rings. The van der Waals surface area contributed by atoms with Crippen LogP contribution in [0.2, 0.25) is 0 Å². The summed E-state index contributed by atoms with van der Waals surface area (Å²) >= 11 is 0. The second-order valence-electron chi connectivity index (χ2n) is 7.17. The van der Waals surface area contributed by atoms with Crippen LogP contribution in [0, 0.1) is 5.92 Å². The molecule has 0 spiro atoms. The van der Waals surface area contributed by atoms with Crippen molar-refractivity contribution in [1.29, 1.82) is 0 Å². The molecule has 1 saturated carbocycles. The van der Waals surface area contributed by atoms with Crippen molar-refractivity contribution in [3.63, 3.8) is 0 Å². The van der Waals surface area contributed by atoms with E-state index in [4.69, 9.17) is 4.74 Å². The first-order chi connectivity index (χ1) is 11.9. The van der Waals surface area contributed by atoms with Crippen molar-refractivity contribution in [3.8, 4) is 0 Å². The lowest BCUT2D eigenvalue weighted by Gasteiger charge is -2.34. The fourth-order valence-corrected chi connectivity index (χ4v) is 4.23. The van der Waals surface area contributed by atoms with Crippen molar-refractivity contribution in [2.75, 3.05) is 6.61 Å². The van der Waals surface area contributed by atoms with Crippen LogP contribution in [0.1, 0.15) is 55.8 Å². The predicted molar refractivity (Wildman–Crippen MR) is 95.4 cm³/mol. The number of nitrogens with one attached hydrogen (secondary N) is 1. The monoisotopic (exact) mass is 322 g/mol. The average molecular weight is 322 g/mol. The first-order valence-corrected chi connectivity index (χ1v) is 9.24. The first kappa shape index (κ1) is 15.8. The number of benzene rings is 1. The van der Waals surface area contributed by atoms with E-state index in [0.717, 1.165) is 18.0 Å². The van der Waals surface area contributed by atoms with Crippen molar-refractivity contribution in [2.24, 2.45) is 5.92 Å². The Bertz CT molecular complexity index is 639. The van der Waals surface area contributed by atoms with Crippen LogP contribution in [0.15, 0.2) is 54.7 Å². The van der Waals surface area contributed by atoms with Crippen LogP contribution >= 0.6 is 0 Å². The second kappa shape index (κ2) is 7.04. The number of pyridine rings is 1. The van der Waals surface area contributed by atoms with E-state index >= 15 is 0 Å². The highest BCUT2D eigenvalue weighted by atomic mass is 16.5. The van der Waals surface area contributed by atoms with Crippen molar-refractivity contribution < 1.29 is 4.74 Å². The van der Waals surface area contributed by atoms with E-state index in [1.807, 2.05) is 12.3 Å².